The van der Waals surface area contributed by atoms with Crippen molar-refractivity contribution in [2.24, 2.45) is 0 Å². The van der Waals surface area contributed by atoms with Crippen LogP contribution in [0.2, 0.25) is 0 Å². The third-order valence-corrected chi connectivity index (χ3v) is 3.16. The molecule has 1 rings (SSSR count). The van der Waals surface area contributed by atoms with Crippen LogP contribution in [0.25, 0.3) is 0 Å². The molecule has 0 saturated heterocycles. The lowest BCUT2D eigenvalue weighted by molar-refractivity contribution is -0.106. The predicted molar refractivity (Wildman–Crippen MR) is 68.9 cm³/mol. The molecule has 0 aliphatic carbocycles. The van der Waals surface area contributed by atoms with Gasteiger partial charge in [0.2, 0.25) is 0 Å². The maximum atomic E-state index is 5.45. The number of methoxy groups -OCH3 is 2. The number of rotatable bonds is 6. The van der Waals surface area contributed by atoms with Crippen LogP contribution in [-0.2, 0) is 9.47 Å². The lowest BCUT2D eigenvalue weighted by atomic mass is 10.2. The second kappa shape index (κ2) is 7.74. The largest absolute Gasteiger partial charge is 0.352 e. The Hall–Kier alpha value is -0.480. The van der Waals surface area contributed by atoms with E-state index in [9.17, 15) is 0 Å². The maximum absolute atomic E-state index is 5.45. The molecule has 1 aromatic rings. The van der Waals surface area contributed by atoms with Gasteiger partial charge in [0.25, 0.3) is 0 Å². The molecule has 1 aromatic carbocycles. The van der Waals surface area contributed by atoms with Crippen molar-refractivity contribution in [2.75, 3.05) is 20.0 Å². The first-order chi connectivity index (χ1) is 7.81. The van der Waals surface area contributed by atoms with E-state index in [1.165, 1.54) is 10.4 Å². The minimum atomic E-state index is -0.290. The molecule has 0 N–H and O–H groups in total. The third kappa shape index (κ3) is 4.18. The van der Waals surface area contributed by atoms with Gasteiger partial charge in [-0.2, -0.15) is 0 Å². The summed E-state index contributed by atoms with van der Waals surface area (Å²) in [6.07, 6.45) is 1.62. The van der Waals surface area contributed by atoms with Crippen molar-refractivity contribution in [3.05, 3.63) is 41.4 Å². The number of halogens is 1. The van der Waals surface area contributed by atoms with E-state index in [2.05, 4.69) is 0 Å². The van der Waals surface area contributed by atoms with Crippen molar-refractivity contribution in [1.29, 1.82) is 0 Å². The summed E-state index contributed by atoms with van der Waals surface area (Å²) in [5.41, 5.74) is 2.55. The van der Waals surface area contributed by atoms with Crippen LogP contribution >= 0.6 is 23.4 Å². The van der Waals surface area contributed by atoms with Gasteiger partial charge in [-0.3, -0.25) is 0 Å². The van der Waals surface area contributed by atoms with E-state index in [0.29, 0.717) is 0 Å². The average molecular weight is 259 g/mol. The van der Waals surface area contributed by atoms with Gasteiger partial charge >= 0.3 is 0 Å². The highest BCUT2D eigenvalue weighted by Gasteiger charge is 2.07. The summed E-state index contributed by atoms with van der Waals surface area (Å²) < 4.78 is 10.3. The standard InChI is InChI=1S/C12H15ClO2S/c1-14-12(15-2)10-4-6-11(7-5-10)16-9-3-8-13/h3-8,12H,9H2,1-2H3/b8-3+. The highest BCUT2D eigenvalue weighted by atomic mass is 35.5. The molecule has 88 valence electrons. The zero-order valence-electron chi connectivity index (χ0n) is 9.35. The van der Waals surface area contributed by atoms with Crippen molar-refractivity contribution >= 4 is 23.4 Å². The van der Waals surface area contributed by atoms with Gasteiger partial charge in [0.05, 0.1) is 0 Å². The Morgan fingerprint density at radius 1 is 1.25 bits per heavy atom. The second-order valence-electron chi connectivity index (χ2n) is 3.05. The Labute approximate surface area is 106 Å². The fraction of sp³-hybridized carbons (Fsp3) is 0.333. The lowest BCUT2D eigenvalue weighted by Crippen LogP contribution is -2.02. The minimum Gasteiger partial charge on any atom is -0.352 e. The Kier molecular flexibility index (Phi) is 6.57. The van der Waals surface area contributed by atoms with Crippen LogP contribution < -0.4 is 0 Å². The van der Waals surface area contributed by atoms with Gasteiger partial charge in [0.1, 0.15) is 0 Å². The van der Waals surface area contributed by atoms with Gasteiger partial charge in [0, 0.05) is 36.0 Å². The van der Waals surface area contributed by atoms with Gasteiger partial charge in [-0.25, -0.2) is 0 Å². The summed E-state index contributed by atoms with van der Waals surface area (Å²) in [7, 11) is 3.25. The highest BCUT2D eigenvalue weighted by molar-refractivity contribution is 7.99. The molecule has 0 radical (unpaired) electrons. The van der Waals surface area contributed by atoms with E-state index < -0.39 is 0 Å². The van der Waals surface area contributed by atoms with Crippen molar-refractivity contribution in [3.8, 4) is 0 Å². The van der Waals surface area contributed by atoms with Crippen molar-refractivity contribution in [2.45, 2.75) is 11.2 Å². The van der Waals surface area contributed by atoms with Crippen LogP contribution in [0.5, 0.6) is 0 Å². The zero-order chi connectivity index (χ0) is 11.8. The van der Waals surface area contributed by atoms with Crippen molar-refractivity contribution in [3.63, 3.8) is 0 Å². The fourth-order valence-corrected chi connectivity index (χ4v) is 2.18. The normalized spacial score (nSPS) is 11.5. The van der Waals surface area contributed by atoms with E-state index in [1.807, 2.05) is 30.3 Å². The molecule has 0 unspecified atom stereocenters. The lowest BCUT2D eigenvalue weighted by Gasteiger charge is -2.13. The smallest absolute Gasteiger partial charge is 0.183 e. The van der Waals surface area contributed by atoms with E-state index in [0.717, 1.165) is 11.3 Å². The molecule has 0 atom stereocenters. The van der Waals surface area contributed by atoms with Crippen LogP contribution in [0, 0.1) is 0 Å². The number of thioether (sulfide) groups is 1. The summed E-state index contributed by atoms with van der Waals surface area (Å²) >= 11 is 7.17. The number of ether oxygens (including phenoxy) is 2. The van der Waals surface area contributed by atoms with E-state index in [1.54, 1.807) is 26.0 Å². The average Bonchev–Trinajstić information content (AvgIpc) is 2.33. The Morgan fingerprint density at radius 3 is 2.38 bits per heavy atom. The van der Waals surface area contributed by atoms with Crippen LogP contribution in [0.15, 0.2) is 40.8 Å². The summed E-state index contributed by atoms with van der Waals surface area (Å²) in [6.45, 7) is 0. The maximum Gasteiger partial charge on any atom is 0.183 e. The molecule has 0 spiro atoms. The topological polar surface area (TPSA) is 18.5 Å². The van der Waals surface area contributed by atoms with Crippen LogP contribution in [0.3, 0.4) is 0 Å². The Balaban J connectivity index is 2.59. The molecule has 0 saturated carbocycles. The number of hydrogen-bond donors (Lipinski definition) is 0. The van der Waals surface area contributed by atoms with Gasteiger partial charge in [-0.05, 0) is 12.1 Å². The summed E-state index contributed by atoms with van der Waals surface area (Å²) in [4.78, 5) is 1.20. The second-order valence-corrected chi connectivity index (χ2v) is 4.39. The van der Waals surface area contributed by atoms with Crippen molar-refractivity contribution < 1.29 is 9.47 Å². The molecule has 16 heavy (non-hydrogen) atoms. The van der Waals surface area contributed by atoms with Gasteiger partial charge in [0.15, 0.2) is 6.29 Å². The summed E-state index contributed by atoms with van der Waals surface area (Å²) in [5, 5.41) is 0. The summed E-state index contributed by atoms with van der Waals surface area (Å²) in [6, 6.07) is 8.11. The first-order valence-electron chi connectivity index (χ1n) is 4.85. The number of hydrogen-bond acceptors (Lipinski definition) is 3. The summed E-state index contributed by atoms with van der Waals surface area (Å²) in [5.74, 6) is 0.876. The molecule has 0 amide bonds. The van der Waals surface area contributed by atoms with Crippen LogP contribution in [-0.4, -0.2) is 20.0 Å². The molecule has 4 heteroatoms. The quantitative estimate of drug-likeness (QED) is 0.571. The molecule has 0 aliphatic rings. The van der Waals surface area contributed by atoms with E-state index in [-0.39, 0.29) is 6.29 Å². The Bertz CT molecular complexity index is 320. The molecule has 0 heterocycles. The Morgan fingerprint density at radius 2 is 1.88 bits per heavy atom. The SMILES string of the molecule is COC(OC)c1ccc(SC/C=C/Cl)cc1. The fourth-order valence-electron chi connectivity index (χ4n) is 1.27. The van der Waals surface area contributed by atoms with Crippen LogP contribution in [0.1, 0.15) is 11.9 Å². The minimum absolute atomic E-state index is 0.290. The monoisotopic (exact) mass is 258 g/mol. The van der Waals surface area contributed by atoms with E-state index >= 15 is 0 Å². The first kappa shape index (κ1) is 13.6. The highest BCUT2D eigenvalue weighted by Crippen LogP contribution is 2.22. The molecular weight excluding hydrogens is 244 g/mol. The molecular formula is C12H15ClO2S. The van der Waals surface area contributed by atoms with E-state index in [4.69, 9.17) is 21.1 Å². The molecule has 0 bridgehead atoms. The van der Waals surface area contributed by atoms with Crippen molar-refractivity contribution in [1.82, 2.24) is 0 Å². The zero-order valence-corrected chi connectivity index (χ0v) is 10.9. The molecule has 0 fully saturated rings. The van der Waals surface area contributed by atoms with Crippen LogP contribution in [0.4, 0.5) is 0 Å². The van der Waals surface area contributed by atoms with Gasteiger partial charge < -0.3 is 9.47 Å². The van der Waals surface area contributed by atoms with Gasteiger partial charge in [-0.1, -0.05) is 29.8 Å². The molecule has 2 nitrogen and oxygen atoms in total. The predicted octanol–water partition coefficient (Wildman–Crippen LogP) is 3.82. The third-order valence-electron chi connectivity index (χ3n) is 2.02. The molecule has 0 aromatic heterocycles. The molecule has 0 aliphatic heterocycles. The first-order valence-corrected chi connectivity index (χ1v) is 6.27. The number of benzene rings is 1. The van der Waals surface area contributed by atoms with Gasteiger partial charge in [-0.15, -0.1) is 11.8 Å².